The van der Waals surface area contributed by atoms with E-state index >= 15 is 0 Å². The van der Waals surface area contributed by atoms with Gasteiger partial charge in [0.25, 0.3) is 0 Å². The second-order valence-electron chi connectivity index (χ2n) is 8.39. The zero-order valence-electron chi connectivity index (χ0n) is 19.9. The molecule has 0 fully saturated rings. The highest BCUT2D eigenvalue weighted by molar-refractivity contribution is 6.00. The predicted molar refractivity (Wildman–Crippen MR) is 140 cm³/mol. The lowest BCUT2D eigenvalue weighted by atomic mass is 10.1. The largest absolute Gasteiger partial charge is 0.494 e. The summed E-state index contributed by atoms with van der Waals surface area (Å²) >= 11 is 0. The van der Waals surface area contributed by atoms with Crippen molar-refractivity contribution < 1.29 is 19.4 Å². The Morgan fingerprint density at radius 2 is 1.61 bits per heavy atom. The molecule has 0 unspecified atom stereocenters. The Morgan fingerprint density at radius 1 is 0.861 bits per heavy atom. The van der Waals surface area contributed by atoms with Gasteiger partial charge in [0.05, 0.1) is 17.8 Å². The molecule has 0 spiro atoms. The first kappa shape index (κ1) is 23.2. The van der Waals surface area contributed by atoms with E-state index in [1.165, 1.54) is 0 Å². The number of fused-ring (bicyclic) bond motifs is 1. The average molecular weight is 479 g/mol. The number of benzene rings is 3. The number of carboxylic acids is 1. The van der Waals surface area contributed by atoms with Crippen LogP contribution in [-0.2, 0) is 13.2 Å². The molecule has 2 heterocycles. The number of aromatic carboxylic acids is 1. The van der Waals surface area contributed by atoms with Crippen molar-refractivity contribution in [3.8, 4) is 22.8 Å². The number of ether oxygens (including phenoxy) is 2. The SMILES string of the molecule is CCOc1cccc(-c2nccc3c2cc(C(=O)O)n3Cc2ccc(COc3ccccc3)cc2)c1. The molecule has 0 bridgehead atoms. The summed E-state index contributed by atoms with van der Waals surface area (Å²) in [6.45, 7) is 3.39. The molecule has 0 atom stereocenters. The van der Waals surface area contributed by atoms with Crippen LogP contribution in [0.4, 0.5) is 0 Å². The molecule has 2 aromatic heterocycles. The molecule has 0 amide bonds. The van der Waals surface area contributed by atoms with Crippen molar-refractivity contribution in [2.75, 3.05) is 6.61 Å². The molecule has 0 saturated heterocycles. The molecular formula is C30H26N2O4. The van der Waals surface area contributed by atoms with Crippen molar-refractivity contribution in [1.29, 1.82) is 0 Å². The zero-order chi connectivity index (χ0) is 24.9. The van der Waals surface area contributed by atoms with Gasteiger partial charge in [0, 0.05) is 23.7 Å². The predicted octanol–water partition coefficient (Wildman–Crippen LogP) is 6.43. The van der Waals surface area contributed by atoms with Crippen LogP contribution >= 0.6 is 0 Å². The number of nitrogens with zero attached hydrogens (tertiary/aromatic N) is 2. The summed E-state index contributed by atoms with van der Waals surface area (Å²) in [6.07, 6.45) is 1.72. The van der Waals surface area contributed by atoms with Gasteiger partial charge in [0.15, 0.2) is 0 Å². The van der Waals surface area contributed by atoms with Gasteiger partial charge in [-0.3, -0.25) is 4.98 Å². The Bertz CT molecular complexity index is 1490. The number of hydrogen-bond acceptors (Lipinski definition) is 4. The number of carbonyl (C=O) groups is 1. The summed E-state index contributed by atoms with van der Waals surface area (Å²) in [4.78, 5) is 16.7. The third-order valence-corrected chi connectivity index (χ3v) is 5.98. The first-order valence-corrected chi connectivity index (χ1v) is 11.8. The Hall–Kier alpha value is -4.58. The van der Waals surface area contributed by atoms with Gasteiger partial charge in [-0.05, 0) is 54.4 Å². The van der Waals surface area contributed by atoms with Gasteiger partial charge >= 0.3 is 5.97 Å². The lowest BCUT2D eigenvalue weighted by molar-refractivity contribution is 0.0686. The van der Waals surface area contributed by atoms with Crippen LogP contribution in [0.1, 0.15) is 28.5 Å². The van der Waals surface area contributed by atoms with Crippen molar-refractivity contribution in [3.05, 3.63) is 114 Å². The van der Waals surface area contributed by atoms with E-state index in [4.69, 9.17) is 9.47 Å². The maximum atomic E-state index is 12.2. The molecule has 0 aliphatic heterocycles. The van der Waals surface area contributed by atoms with Gasteiger partial charge in [-0.15, -0.1) is 0 Å². The smallest absolute Gasteiger partial charge is 0.352 e. The van der Waals surface area contributed by atoms with Crippen LogP contribution in [0.25, 0.3) is 22.2 Å². The first-order valence-electron chi connectivity index (χ1n) is 11.8. The van der Waals surface area contributed by atoms with Crippen LogP contribution < -0.4 is 9.47 Å². The van der Waals surface area contributed by atoms with Crippen molar-refractivity contribution in [1.82, 2.24) is 9.55 Å². The summed E-state index contributed by atoms with van der Waals surface area (Å²) in [5, 5.41) is 10.8. The number of carboxylic acid groups (broad SMARTS) is 1. The van der Waals surface area contributed by atoms with E-state index in [0.717, 1.165) is 44.8 Å². The van der Waals surface area contributed by atoms with E-state index in [1.54, 1.807) is 12.3 Å². The monoisotopic (exact) mass is 478 g/mol. The normalized spacial score (nSPS) is 10.9. The minimum absolute atomic E-state index is 0.219. The van der Waals surface area contributed by atoms with Crippen molar-refractivity contribution >= 4 is 16.9 Å². The average Bonchev–Trinajstić information content (AvgIpc) is 3.28. The van der Waals surface area contributed by atoms with Crippen molar-refractivity contribution in [2.24, 2.45) is 0 Å². The van der Waals surface area contributed by atoms with E-state index in [0.29, 0.717) is 19.8 Å². The van der Waals surface area contributed by atoms with Gasteiger partial charge < -0.3 is 19.1 Å². The fourth-order valence-electron chi connectivity index (χ4n) is 4.27. The Labute approximate surface area is 209 Å². The molecular weight excluding hydrogens is 452 g/mol. The Balaban J connectivity index is 1.44. The fourth-order valence-corrected chi connectivity index (χ4v) is 4.27. The van der Waals surface area contributed by atoms with E-state index in [2.05, 4.69) is 4.98 Å². The summed E-state index contributed by atoms with van der Waals surface area (Å²) in [6, 6.07) is 29.0. The van der Waals surface area contributed by atoms with Crippen LogP contribution in [0.2, 0.25) is 0 Å². The molecule has 180 valence electrons. The van der Waals surface area contributed by atoms with E-state index < -0.39 is 5.97 Å². The third-order valence-electron chi connectivity index (χ3n) is 5.98. The molecule has 5 aromatic rings. The number of aromatic nitrogens is 2. The van der Waals surface area contributed by atoms with Crippen LogP contribution in [0.15, 0.2) is 97.2 Å². The standard InChI is InChI=1S/C30H26N2O4/c1-2-35-25-10-6-7-23(17-25)29-26-18-28(30(33)34)32(27(26)15-16-31-29)19-21-11-13-22(14-12-21)20-36-24-8-4-3-5-9-24/h3-18H,2,19-20H2,1H3,(H,33,34). The molecule has 0 radical (unpaired) electrons. The number of rotatable bonds is 9. The molecule has 6 heteroatoms. The first-order chi connectivity index (χ1) is 17.6. The van der Waals surface area contributed by atoms with Crippen LogP contribution in [0.5, 0.6) is 11.5 Å². The lowest BCUT2D eigenvalue weighted by Gasteiger charge is -2.11. The van der Waals surface area contributed by atoms with Gasteiger partial charge in [-0.2, -0.15) is 0 Å². The van der Waals surface area contributed by atoms with E-state index in [1.807, 2.05) is 96.4 Å². The maximum Gasteiger partial charge on any atom is 0.352 e. The summed E-state index contributed by atoms with van der Waals surface area (Å²) in [5.41, 5.74) is 4.67. The minimum Gasteiger partial charge on any atom is -0.494 e. The van der Waals surface area contributed by atoms with Gasteiger partial charge in [0.1, 0.15) is 23.8 Å². The molecule has 0 saturated carbocycles. The topological polar surface area (TPSA) is 73.6 Å². The highest BCUT2D eigenvalue weighted by Gasteiger charge is 2.18. The minimum atomic E-state index is -0.979. The van der Waals surface area contributed by atoms with Gasteiger partial charge in [-0.1, -0.05) is 54.6 Å². The Morgan fingerprint density at radius 3 is 2.36 bits per heavy atom. The summed E-state index contributed by atoms with van der Waals surface area (Å²) in [7, 11) is 0. The number of pyridine rings is 1. The lowest BCUT2D eigenvalue weighted by Crippen LogP contribution is -2.09. The molecule has 3 aromatic carbocycles. The second-order valence-corrected chi connectivity index (χ2v) is 8.39. The maximum absolute atomic E-state index is 12.2. The van der Waals surface area contributed by atoms with E-state index in [-0.39, 0.29) is 5.69 Å². The van der Waals surface area contributed by atoms with E-state index in [9.17, 15) is 9.90 Å². The molecule has 6 nitrogen and oxygen atoms in total. The highest BCUT2D eigenvalue weighted by Crippen LogP contribution is 2.31. The third kappa shape index (κ3) is 4.93. The fraction of sp³-hybridized carbons (Fsp3) is 0.133. The van der Waals surface area contributed by atoms with Crippen molar-refractivity contribution in [2.45, 2.75) is 20.1 Å². The van der Waals surface area contributed by atoms with Crippen LogP contribution in [0, 0.1) is 0 Å². The van der Waals surface area contributed by atoms with Crippen LogP contribution in [-0.4, -0.2) is 27.2 Å². The quantitative estimate of drug-likeness (QED) is 0.264. The van der Waals surface area contributed by atoms with Gasteiger partial charge in [0.2, 0.25) is 0 Å². The molecule has 0 aliphatic rings. The molecule has 0 aliphatic carbocycles. The molecule has 5 rings (SSSR count). The molecule has 36 heavy (non-hydrogen) atoms. The Kier molecular flexibility index (Phi) is 6.67. The summed E-state index contributed by atoms with van der Waals surface area (Å²) in [5.74, 6) is 0.596. The number of hydrogen-bond donors (Lipinski definition) is 1. The number of para-hydroxylation sites is 1. The van der Waals surface area contributed by atoms with Gasteiger partial charge in [-0.25, -0.2) is 4.79 Å². The second kappa shape index (κ2) is 10.4. The zero-order valence-corrected chi connectivity index (χ0v) is 19.9. The summed E-state index contributed by atoms with van der Waals surface area (Å²) < 4.78 is 13.3. The highest BCUT2D eigenvalue weighted by atomic mass is 16.5. The van der Waals surface area contributed by atoms with Crippen molar-refractivity contribution in [3.63, 3.8) is 0 Å². The van der Waals surface area contributed by atoms with Crippen LogP contribution in [0.3, 0.4) is 0 Å². The molecule has 1 N–H and O–H groups in total.